The molecule has 1 unspecified atom stereocenters. The van der Waals surface area contributed by atoms with Crippen molar-refractivity contribution < 1.29 is 4.52 Å². The molecule has 0 aliphatic carbocycles. The van der Waals surface area contributed by atoms with E-state index in [2.05, 4.69) is 50.4 Å². The molecule has 1 aromatic carbocycles. The van der Waals surface area contributed by atoms with E-state index in [4.69, 9.17) is 4.52 Å². The number of nitrogens with zero attached hydrogens (tertiary/aromatic N) is 2. The highest BCUT2D eigenvalue weighted by Crippen LogP contribution is 2.14. The number of benzene rings is 1. The average molecular weight is 310 g/mol. The number of aromatic nitrogens is 2. The third-order valence-electron chi connectivity index (χ3n) is 2.74. The van der Waals surface area contributed by atoms with Crippen molar-refractivity contribution in [3.8, 4) is 0 Å². The minimum atomic E-state index is 0.337. The van der Waals surface area contributed by atoms with E-state index in [0.29, 0.717) is 18.4 Å². The normalized spacial score (nSPS) is 12.6. The number of halogens is 1. The molecular formula is C13H16BrN3O. The van der Waals surface area contributed by atoms with Crippen LogP contribution in [-0.2, 0) is 12.8 Å². The van der Waals surface area contributed by atoms with Gasteiger partial charge in [-0.1, -0.05) is 33.2 Å². The summed E-state index contributed by atoms with van der Waals surface area (Å²) in [4.78, 5) is 4.39. The van der Waals surface area contributed by atoms with E-state index in [0.717, 1.165) is 16.7 Å². The van der Waals surface area contributed by atoms with Gasteiger partial charge in [0.1, 0.15) is 0 Å². The van der Waals surface area contributed by atoms with E-state index >= 15 is 0 Å². The maximum Gasteiger partial charge on any atom is 0.228 e. The predicted octanol–water partition coefficient (Wildman–Crippen LogP) is 2.57. The summed E-state index contributed by atoms with van der Waals surface area (Å²) in [6.07, 6.45) is 1.44. The van der Waals surface area contributed by atoms with Crippen LogP contribution in [0.15, 0.2) is 33.3 Å². The van der Waals surface area contributed by atoms with Crippen molar-refractivity contribution in [3.63, 3.8) is 0 Å². The molecule has 5 heteroatoms. The molecule has 0 spiro atoms. The van der Waals surface area contributed by atoms with Crippen molar-refractivity contribution in [2.45, 2.75) is 25.8 Å². The first kappa shape index (κ1) is 13.2. The fourth-order valence-corrected chi connectivity index (χ4v) is 2.09. The predicted molar refractivity (Wildman–Crippen MR) is 73.5 cm³/mol. The molecule has 18 heavy (non-hydrogen) atoms. The summed E-state index contributed by atoms with van der Waals surface area (Å²) in [5, 5.41) is 7.15. The highest BCUT2D eigenvalue weighted by Gasteiger charge is 2.10. The number of nitrogens with one attached hydrogen (secondary N) is 1. The van der Waals surface area contributed by atoms with Crippen LogP contribution in [0.4, 0.5) is 0 Å². The summed E-state index contributed by atoms with van der Waals surface area (Å²) >= 11 is 3.45. The second-order valence-electron chi connectivity index (χ2n) is 4.30. The molecule has 2 aromatic rings. The summed E-state index contributed by atoms with van der Waals surface area (Å²) in [6.45, 7) is 2.08. The molecule has 4 nitrogen and oxygen atoms in total. The van der Waals surface area contributed by atoms with Gasteiger partial charge in [-0.05, 0) is 31.7 Å². The third-order valence-corrected chi connectivity index (χ3v) is 3.23. The van der Waals surface area contributed by atoms with Crippen LogP contribution >= 0.6 is 15.9 Å². The van der Waals surface area contributed by atoms with Gasteiger partial charge in [-0.25, -0.2) is 0 Å². The molecule has 1 heterocycles. The Bertz CT molecular complexity index is 512. The van der Waals surface area contributed by atoms with Crippen molar-refractivity contribution in [3.05, 3.63) is 46.0 Å². The Morgan fingerprint density at radius 3 is 3.00 bits per heavy atom. The molecule has 2 rings (SSSR count). The molecule has 96 valence electrons. The van der Waals surface area contributed by atoms with E-state index in [9.17, 15) is 0 Å². The van der Waals surface area contributed by atoms with Gasteiger partial charge in [0.2, 0.25) is 5.89 Å². The first-order chi connectivity index (χ1) is 8.67. The van der Waals surface area contributed by atoms with E-state index in [1.165, 1.54) is 5.56 Å². The maximum atomic E-state index is 5.23. The van der Waals surface area contributed by atoms with Crippen LogP contribution in [-0.4, -0.2) is 23.2 Å². The molecule has 0 bridgehead atoms. The Morgan fingerprint density at radius 2 is 2.28 bits per heavy atom. The van der Waals surface area contributed by atoms with Crippen LogP contribution in [0.5, 0.6) is 0 Å². The third kappa shape index (κ3) is 3.65. The van der Waals surface area contributed by atoms with Gasteiger partial charge in [0.15, 0.2) is 5.82 Å². The van der Waals surface area contributed by atoms with Crippen molar-refractivity contribution >= 4 is 15.9 Å². The van der Waals surface area contributed by atoms with Gasteiger partial charge in [-0.15, -0.1) is 0 Å². The SMILES string of the molecule is CNC(C)Cc1nc(Cc2cccc(Br)c2)no1. The van der Waals surface area contributed by atoms with Gasteiger partial charge >= 0.3 is 0 Å². The largest absolute Gasteiger partial charge is 0.339 e. The summed E-state index contributed by atoms with van der Waals surface area (Å²) in [7, 11) is 1.92. The zero-order valence-electron chi connectivity index (χ0n) is 10.5. The fraction of sp³-hybridized carbons (Fsp3) is 0.385. The summed E-state index contributed by atoms with van der Waals surface area (Å²) < 4.78 is 6.29. The van der Waals surface area contributed by atoms with Crippen LogP contribution in [0.1, 0.15) is 24.2 Å². The zero-order chi connectivity index (χ0) is 13.0. The van der Waals surface area contributed by atoms with Crippen LogP contribution in [0.2, 0.25) is 0 Å². The molecule has 0 saturated carbocycles. The number of likely N-dealkylation sites (N-methyl/N-ethyl adjacent to an activating group) is 1. The molecule has 1 N–H and O–H groups in total. The summed E-state index contributed by atoms with van der Waals surface area (Å²) in [5.41, 5.74) is 1.17. The molecule has 0 saturated heterocycles. The lowest BCUT2D eigenvalue weighted by molar-refractivity contribution is 0.361. The van der Waals surface area contributed by atoms with Gasteiger partial charge in [-0.3, -0.25) is 0 Å². The van der Waals surface area contributed by atoms with Gasteiger partial charge in [0.25, 0.3) is 0 Å². The van der Waals surface area contributed by atoms with E-state index < -0.39 is 0 Å². The Morgan fingerprint density at radius 1 is 1.44 bits per heavy atom. The van der Waals surface area contributed by atoms with Crippen LogP contribution < -0.4 is 5.32 Å². The Labute approximate surface area is 115 Å². The van der Waals surface area contributed by atoms with Crippen molar-refractivity contribution in [1.29, 1.82) is 0 Å². The minimum absolute atomic E-state index is 0.337. The summed E-state index contributed by atoms with van der Waals surface area (Å²) in [6, 6.07) is 8.45. The van der Waals surface area contributed by atoms with Crippen LogP contribution in [0, 0.1) is 0 Å². The average Bonchev–Trinajstić information content (AvgIpc) is 2.76. The first-order valence-corrected chi connectivity index (χ1v) is 6.70. The Hall–Kier alpha value is -1.20. The molecule has 0 aliphatic rings. The lowest BCUT2D eigenvalue weighted by Crippen LogP contribution is -2.23. The maximum absolute atomic E-state index is 5.23. The second-order valence-corrected chi connectivity index (χ2v) is 5.22. The highest BCUT2D eigenvalue weighted by atomic mass is 79.9. The molecule has 1 aromatic heterocycles. The number of hydrogen-bond donors (Lipinski definition) is 1. The van der Waals surface area contributed by atoms with Crippen LogP contribution in [0.3, 0.4) is 0 Å². The monoisotopic (exact) mass is 309 g/mol. The lowest BCUT2D eigenvalue weighted by atomic mass is 10.1. The Kier molecular flexibility index (Phi) is 4.49. The first-order valence-electron chi connectivity index (χ1n) is 5.90. The number of hydrogen-bond acceptors (Lipinski definition) is 4. The van der Waals surface area contributed by atoms with E-state index in [1.54, 1.807) is 0 Å². The van der Waals surface area contributed by atoms with Crippen molar-refractivity contribution in [2.75, 3.05) is 7.05 Å². The summed E-state index contributed by atoms with van der Waals surface area (Å²) in [5.74, 6) is 1.41. The van der Waals surface area contributed by atoms with Gasteiger partial charge in [-0.2, -0.15) is 4.98 Å². The van der Waals surface area contributed by atoms with E-state index in [1.807, 2.05) is 19.2 Å². The standard InChI is InChI=1S/C13H16BrN3O/c1-9(15-2)6-13-16-12(17-18-13)8-10-4-3-5-11(14)7-10/h3-5,7,9,15H,6,8H2,1-2H3. The minimum Gasteiger partial charge on any atom is -0.339 e. The van der Waals surface area contributed by atoms with Crippen molar-refractivity contribution in [2.24, 2.45) is 0 Å². The molecule has 0 aliphatic heterocycles. The lowest BCUT2D eigenvalue weighted by Gasteiger charge is -2.04. The molecule has 0 radical (unpaired) electrons. The van der Waals surface area contributed by atoms with Crippen LogP contribution in [0.25, 0.3) is 0 Å². The van der Waals surface area contributed by atoms with E-state index in [-0.39, 0.29) is 0 Å². The zero-order valence-corrected chi connectivity index (χ0v) is 12.1. The molecular weight excluding hydrogens is 294 g/mol. The smallest absolute Gasteiger partial charge is 0.228 e. The molecule has 0 amide bonds. The topological polar surface area (TPSA) is 51.0 Å². The Balaban J connectivity index is 2.02. The fourth-order valence-electron chi connectivity index (χ4n) is 1.64. The molecule has 1 atom stereocenters. The van der Waals surface area contributed by atoms with Crippen molar-refractivity contribution in [1.82, 2.24) is 15.5 Å². The van der Waals surface area contributed by atoms with Gasteiger partial charge in [0, 0.05) is 23.4 Å². The quantitative estimate of drug-likeness (QED) is 0.922. The molecule has 0 fully saturated rings. The number of rotatable bonds is 5. The van der Waals surface area contributed by atoms with Gasteiger partial charge in [0.05, 0.1) is 0 Å². The second kappa shape index (κ2) is 6.11. The van der Waals surface area contributed by atoms with Gasteiger partial charge < -0.3 is 9.84 Å². The highest BCUT2D eigenvalue weighted by molar-refractivity contribution is 9.10.